The number of piperazine rings is 1. The quantitative estimate of drug-likeness (QED) is 0.361. The Balaban J connectivity index is 0.00000261. The summed E-state index contributed by atoms with van der Waals surface area (Å²) in [6.45, 7) is 6.08. The molecule has 2 heterocycles. The predicted molar refractivity (Wildman–Crippen MR) is 118 cm³/mol. The maximum Gasteiger partial charge on any atom is 0.225 e. The summed E-state index contributed by atoms with van der Waals surface area (Å²) in [5.41, 5.74) is 0.989. The Kier molecular flexibility index (Phi) is 9.26. The Labute approximate surface area is 179 Å². The van der Waals surface area contributed by atoms with Crippen LogP contribution in [0.2, 0.25) is 0 Å². The van der Waals surface area contributed by atoms with Gasteiger partial charge in [-0.25, -0.2) is 0 Å². The Morgan fingerprint density at radius 1 is 1.22 bits per heavy atom. The van der Waals surface area contributed by atoms with E-state index in [2.05, 4.69) is 30.4 Å². The van der Waals surface area contributed by atoms with Gasteiger partial charge in [-0.05, 0) is 25.0 Å². The molecule has 2 fully saturated rings. The summed E-state index contributed by atoms with van der Waals surface area (Å²) in [5.74, 6) is 1.49. The maximum absolute atomic E-state index is 12.3. The molecular formula is C19H31IN6O. The van der Waals surface area contributed by atoms with E-state index in [0.29, 0.717) is 18.4 Å². The SMILES string of the molecule is CN=C(NCCN1CCN(C(=O)C2CCC2)CC1)NCc1ccccn1.I. The van der Waals surface area contributed by atoms with Crippen molar-refractivity contribution < 1.29 is 4.79 Å². The van der Waals surface area contributed by atoms with Gasteiger partial charge in [0.25, 0.3) is 0 Å². The number of hydrogen-bond acceptors (Lipinski definition) is 4. The van der Waals surface area contributed by atoms with Gasteiger partial charge >= 0.3 is 0 Å². The molecule has 2 N–H and O–H groups in total. The molecule has 1 amide bonds. The second-order valence-electron chi connectivity index (χ2n) is 6.97. The fourth-order valence-electron chi connectivity index (χ4n) is 3.34. The number of amides is 1. The van der Waals surface area contributed by atoms with Crippen LogP contribution in [0.4, 0.5) is 0 Å². The molecule has 1 aliphatic heterocycles. The van der Waals surface area contributed by atoms with Gasteiger partial charge in [-0.3, -0.25) is 19.7 Å². The van der Waals surface area contributed by atoms with Crippen LogP contribution >= 0.6 is 24.0 Å². The van der Waals surface area contributed by atoms with Crippen LogP contribution in [0.5, 0.6) is 0 Å². The van der Waals surface area contributed by atoms with Crippen molar-refractivity contribution in [2.24, 2.45) is 10.9 Å². The zero-order valence-corrected chi connectivity index (χ0v) is 18.4. The van der Waals surface area contributed by atoms with Crippen molar-refractivity contribution >= 4 is 35.8 Å². The minimum absolute atomic E-state index is 0. The van der Waals surface area contributed by atoms with Crippen molar-refractivity contribution in [3.8, 4) is 0 Å². The minimum atomic E-state index is 0. The van der Waals surface area contributed by atoms with Gasteiger partial charge in [0.15, 0.2) is 5.96 Å². The average molecular weight is 486 g/mol. The summed E-state index contributed by atoms with van der Waals surface area (Å²) in [5, 5.41) is 6.62. The van der Waals surface area contributed by atoms with Crippen LogP contribution in [0.3, 0.4) is 0 Å². The van der Waals surface area contributed by atoms with Gasteiger partial charge in [-0.2, -0.15) is 0 Å². The molecule has 8 heteroatoms. The first-order valence-electron chi connectivity index (χ1n) is 9.62. The van der Waals surface area contributed by atoms with Crippen molar-refractivity contribution in [3.05, 3.63) is 30.1 Å². The third-order valence-corrected chi connectivity index (χ3v) is 5.25. The summed E-state index contributed by atoms with van der Waals surface area (Å²) in [6.07, 6.45) is 5.20. The van der Waals surface area contributed by atoms with E-state index in [4.69, 9.17) is 0 Å². The lowest BCUT2D eigenvalue weighted by atomic mass is 9.84. The molecule has 2 aliphatic rings. The first kappa shape index (κ1) is 21.9. The highest BCUT2D eigenvalue weighted by atomic mass is 127. The van der Waals surface area contributed by atoms with E-state index in [9.17, 15) is 4.79 Å². The van der Waals surface area contributed by atoms with Crippen LogP contribution in [0, 0.1) is 5.92 Å². The topological polar surface area (TPSA) is 72.9 Å². The van der Waals surface area contributed by atoms with Gasteiger partial charge < -0.3 is 15.5 Å². The summed E-state index contributed by atoms with van der Waals surface area (Å²) in [4.78, 5) is 25.3. The zero-order chi connectivity index (χ0) is 18.2. The molecule has 3 rings (SSSR count). The lowest BCUT2D eigenvalue weighted by molar-refractivity contribution is -0.139. The van der Waals surface area contributed by atoms with Crippen LogP contribution in [-0.4, -0.2) is 73.0 Å². The number of pyridine rings is 1. The van der Waals surface area contributed by atoms with Gasteiger partial charge in [0.1, 0.15) is 0 Å². The predicted octanol–water partition coefficient (Wildman–Crippen LogP) is 1.31. The molecule has 0 aromatic carbocycles. The normalized spacial score (nSPS) is 18.4. The second kappa shape index (κ2) is 11.4. The van der Waals surface area contributed by atoms with E-state index in [1.807, 2.05) is 18.2 Å². The highest BCUT2D eigenvalue weighted by molar-refractivity contribution is 14.0. The number of halogens is 1. The number of aliphatic imine (C=N–C) groups is 1. The van der Waals surface area contributed by atoms with E-state index >= 15 is 0 Å². The Morgan fingerprint density at radius 2 is 2.00 bits per heavy atom. The first-order valence-corrected chi connectivity index (χ1v) is 9.62. The van der Waals surface area contributed by atoms with Gasteiger partial charge in [-0.15, -0.1) is 24.0 Å². The highest BCUT2D eigenvalue weighted by Crippen LogP contribution is 2.28. The Morgan fingerprint density at radius 3 is 2.59 bits per heavy atom. The Hall–Kier alpha value is -1.42. The van der Waals surface area contributed by atoms with Crippen LogP contribution in [0.25, 0.3) is 0 Å². The molecule has 0 unspecified atom stereocenters. The molecule has 1 saturated carbocycles. The number of hydrogen-bond donors (Lipinski definition) is 2. The lowest BCUT2D eigenvalue weighted by Gasteiger charge is -2.38. The van der Waals surface area contributed by atoms with Gasteiger partial charge in [0.05, 0.1) is 12.2 Å². The number of aromatic nitrogens is 1. The smallest absolute Gasteiger partial charge is 0.225 e. The number of guanidine groups is 1. The maximum atomic E-state index is 12.3. The largest absolute Gasteiger partial charge is 0.355 e. The van der Waals surface area contributed by atoms with Crippen LogP contribution in [0.1, 0.15) is 25.0 Å². The van der Waals surface area contributed by atoms with Crippen molar-refractivity contribution in [1.29, 1.82) is 0 Å². The molecule has 150 valence electrons. The van der Waals surface area contributed by atoms with Crippen LogP contribution < -0.4 is 10.6 Å². The van der Waals surface area contributed by atoms with E-state index in [-0.39, 0.29) is 24.0 Å². The molecule has 1 aromatic heterocycles. The van der Waals surface area contributed by atoms with Crippen LogP contribution in [0.15, 0.2) is 29.4 Å². The molecule has 1 saturated heterocycles. The summed E-state index contributed by atoms with van der Waals surface area (Å²) in [7, 11) is 1.78. The molecule has 1 aromatic rings. The van der Waals surface area contributed by atoms with E-state index in [1.54, 1.807) is 13.2 Å². The van der Waals surface area contributed by atoms with Crippen molar-refractivity contribution in [2.75, 3.05) is 46.3 Å². The molecule has 0 bridgehead atoms. The molecule has 7 nitrogen and oxygen atoms in total. The second-order valence-corrected chi connectivity index (χ2v) is 6.97. The number of carbonyl (C=O) groups excluding carboxylic acids is 1. The molecule has 27 heavy (non-hydrogen) atoms. The number of rotatable bonds is 6. The van der Waals surface area contributed by atoms with E-state index < -0.39 is 0 Å². The third kappa shape index (κ3) is 6.60. The molecular weight excluding hydrogens is 455 g/mol. The van der Waals surface area contributed by atoms with Gasteiger partial charge in [-0.1, -0.05) is 12.5 Å². The van der Waals surface area contributed by atoms with Crippen LogP contribution in [-0.2, 0) is 11.3 Å². The van der Waals surface area contributed by atoms with Crippen molar-refractivity contribution in [1.82, 2.24) is 25.4 Å². The van der Waals surface area contributed by atoms with Gasteiger partial charge in [0, 0.05) is 58.4 Å². The fourth-order valence-corrected chi connectivity index (χ4v) is 3.34. The van der Waals surface area contributed by atoms with Crippen molar-refractivity contribution in [2.45, 2.75) is 25.8 Å². The average Bonchev–Trinajstić information content (AvgIpc) is 2.64. The molecule has 0 radical (unpaired) electrons. The Bertz CT molecular complexity index is 599. The molecule has 0 atom stereocenters. The zero-order valence-electron chi connectivity index (χ0n) is 16.1. The fraction of sp³-hybridized carbons (Fsp3) is 0.632. The summed E-state index contributed by atoms with van der Waals surface area (Å²) < 4.78 is 0. The minimum Gasteiger partial charge on any atom is -0.355 e. The first-order chi connectivity index (χ1) is 12.8. The summed E-state index contributed by atoms with van der Waals surface area (Å²) >= 11 is 0. The lowest BCUT2D eigenvalue weighted by Crippen LogP contribution is -2.52. The molecule has 0 spiro atoms. The monoisotopic (exact) mass is 486 g/mol. The third-order valence-electron chi connectivity index (χ3n) is 5.25. The van der Waals surface area contributed by atoms with E-state index in [1.165, 1.54) is 6.42 Å². The number of nitrogens with one attached hydrogen (secondary N) is 2. The van der Waals surface area contributed by atoms with Gasteiger partial charge in [0.2, 0.25) is 5.91 Å². The number of carbonyl (C=O) groups is 1. The number of nitrogens with zero attached hydrogens (tertiary/aromatic N) is 4. The van der Waals surface area contributed by atoms with E-state index in [0.717, 1.165) is 63.8 Å². The summed E-state index contributed by atoms with van der Waals surface area (Å²) in [6, 6.07) is 5.89. The standard InChI is InChI=1S/C19H30N6O.HI/c1-20-19(23-15-17-7-2-3-8-21-17)22-9-10-24-11-13-25(14-12-24)18(26)16-5-4-6-16;/h2-3,7-8,16H,4-6,9-15H2,1H3,(H2,20,22,23);1H. The highest BCUT2D eigenvalue weighted by Gasteiger charge is 2.30. The molecule has 1 aliphatic carbocycles. The van der Waals surface area contributed by atoms with Crippen molar-refractivity contribution in [3.63, 3.8) is 0 Å².